The third kappa shape index (κ3) is 3.56. The van der Waals surface area contributed by atoms with Gasteiger partial charge < -0.3 is 14.4 Å². The van der Waals surface area contributed by atoms with Crippen LogP contribution >= 0.6 is 0 Å². The standard InChI is InChI=1S/C26H21N3O3/c1-17-7-9-18(10-8-17)32-15-14-29-23-11-13-28-25(21(23)16-24(29)26(30)31)20-4-2-6-22-19(20)5-3-12-27-22/h2-13,16H,14-15H2,1H3,(H,30,31). The predicted molar refractivity (Wildman–Crippen MR) is 124 cm³/mol. The quantitative estimate of drug-likeness (QED) is 0.399. The van der Waals surface area contributed by atoms with Gasteiger partial charge in [-0.1, -0.05) is 35.9 Å². The molecular weight excluding hydrogens is 402 g/mol. The molecule has 0 unspecified atom stereocenters. The van der Waals surface area contributed by atoms with Crippen molar-refractivity contribution < 1.29 is 14.6 Å². The van der Waals surface area contributed by atoms with Crippen molar-refractivity contribution in [3.05, 3.63) is 90.4 Å². The number of carboxylic acids is 1. The molecule has 0 aliphatic carbocycles. The van der Waals surface area contributed by atoms with E-state index >= 15 is 0 Å². The summed E-state index contributed by atoms with van der Waals surface area (Å²) in [6, 6.07) is 21.1. The number of hydrogen-bond acceptors (Lipinski definition) is 4. The number of aromatic carboxylic acids is 1. The number of aromatic nitrogens is 3. The van der Waals surface area contributed by atoms with Crippen LogP contribution in [-0.2, 0) is 6.54 Å². The molecule has 6 heteroatoms. The van der Waals surface area contributed by atoms with Gasteiger partial charge >= 0.3 is 5.97 Å². The lowest BCUT2D eigenvalue weighted by atomic mass is 10.0. The van der Waals surface area contributed by atoms with E-state index in [-0.39, 0.29) is 5.69 Å². The number of ether oxygens (including phenoxy) is 1. The second kappa shape index (κ2) is 8.15. The Hall–Kier alpha value is -4.19. The van der Waals surface area contributed by atoms with E-state index in [1.165, 1.54) is 0 Å². The summed E-state index contributed by atoms with van der Waals surface area (Å²) in [5.41, 5.74) is 4.70. The van der Waals surface area contributed by atoms with Crippen LogP contribution in [0.15, 0.2) is 79.1 Å². The monoisotopic (exact) mass is 423 g/mol. The number of hydrogen-bond donors (Lipinski definition) is 1. The van der Waals surface area contributed by atoms with Crippen LogP contribution in [0.25, 0.3) is 33.1 Å². The van der Waals surface area contributed by atoms with Crippen LogP contribution in [-0.4, -0.2) is 32.2 Å². The van der Waals surface area contributed by atoms with Crippen molar-refractivity contribution in [1.82, 2.24) is 14.5 Å². The maximum absolute atomic E-state index is 12.0. The molecule has 0 aliphatic rings. The van der Waals surface area contributed by atoms with Crippen molar-refractivity contribution in [2.24, 2.45) is 0 Å². The van der Waals surface area contributed by atoms with Gasteiger partial charge in [-0.3, -0.25) is 9.97 Å². The van der Waals surface area contributed by atoms with Crippen LogP contribution in [0.2, 0.25) is 0 Å². The topological polar surface area (TPSA) is 77.2 Å². The summed E-state index contributed by atoms with van der Waals surface area (Å²) >= 11 is 0. The summed E-state index contributed by atoms with van der Waals surface area (Å²) in [7, 11) is 0. The van der Waals surface area contributed by atoms with Gasteiger partial charge in [0.05, 0.1) is 23.3 Å². The van der Waals surface area contributed by atoms with Crippen molar-refractivity contribution in [3.8, 4) is 17.0 Å². The molecule has 1 N–H and O–H groups in total. The largest absolute Gasteiger partial charge is 0.492 e. The highest BCUT2D eigenvalue weighted by Gasteiger charge is 2.19. The Morgan fingerprint density at radius 2 is 1.81 bits per heavy atom. The molecule has 158 valence electrons. The molecule has 0 spiro atoms. The zero-order chi connectivity index (χ0) is 22.1. The van der Waals surface area contributed by atoms with Crippen molar-refractivity contribution in [1.29, 1.82) is 0 Å². The highest BCUT2D eigenvalue weighted by atomic mass is 16.5. The fraction of sp³-hybridized carbons (Fsp3) is 0.115. The Morgan fingerprint density at radius 1 is 0.969 bits per heavy atom. The average Bonchev–Trinajstić information content (AvgIpc) is 3.19. The van der Waals surface area contributed by atoms with Crippen LogP contribution in [0, 0.1) is 6.92 Å². The summed E-state index contributed by atoms with van der Waals surface area (Å²) in [6.45, 7) is 2.77. The first kappa shape index (κ1) is 19.8. The smallest absolute Gasteiger partial charge is 0.352 e. The molecular formula is C26H21N3O3. The van der Waals surface area contributed by atoms with Crippen molar-refractivity contribution in [2.45, 2.75) is 13.5 Å². The average molecular weight is 423 g/mol. The molecule has 0 aliphatic heterocycles. The number of carboxylic acid groups (broad SMARTS) is 1. The molecule has 3 aromatic heterocycles. The van der Waals surface area contributed by atoms with Gasteiger partial charge in [-0.05, 0) is 43.3 Å². The van der Waals surface area contributed by atoms with E-state index in [0.29, 0.717) is 13.2 Å². The van der Waals surface area contributed by atoms with Gasteiger partial charge in [-0.2, -0.15) is 0 Å². The van der Waals surface area contributed by atoms with Crippen LogP contribution in [0.1, 0.15) is 16.1 Å². The fourth-order valence-electron chi connectivity index (χ4n) is 4.02. The maximum atomic E-state index is 12.0. The van der Waals surface area contributed by atoms with Gasteiger partial charge in [-0.25, -0.2) is 4.79 Å². The predicted octanol–water partition coefficient (Wildman–Crippen LogP) is 5.34. The fourth-order valence-corrected chi connectivity index (χ4v) is 4.02. The lowest BCUT2D eigenvalue weighted by Gasteiger charge is -2.11. The Labute approximate surface area is 184 Å². The molecule has 5 aromatic rings. The normalized spacial score (nSPS) is 11.2. The third-order valence-corrected chi connectivity index (χ3v) is 5.55. The molecule has 0 saturated heterocycles. The Kier molecular flexibility index (Phi) is 5.03. The van der Waals surface area contributed by atoms with E-state index in [0.717, 1.165) is 44.4 Å². The summed E-state index contributed by atoms with van der Waals surface area (Å²) < 4.78 is 7.63. The van der Waals surface area contributed by atoms with Crippen LogP contribution in [0.5, 0.6) is 5.75 Å². The van der Waals surface area contributed by atoms with Gasteiger partial charge in [-0.15, -0.1) is 0 Å². The van der Waals surface area contributed by atoms with Crippen LogP contribution < -0.4 is 4.74 Å². The first-order valence-electron chi connectivity index (χ1n) is 10.4. The lowest BCUT2D eigenvalue weighted by Crippen LogP contribution is -2.13. The number of nitrogens with zero attached hydrogens (tertiary/aromatic N) is 3. The summed E-state index contributed by atoms with van der Waals surface area (Å²) in [5, 5.41) is 11.6. The lowest BCUT2D eigenvalue weighted by molar-refractivity contribution is 0.0684. The maximum Gasteiger partial charge on any atom is 0.352 e. The van der Waals surface area contributed by atoms with Crippen molar-refractivity contribution in [3.63, 3.8) is 0 Å². The van der Waals surface area contributed by atoms with Gasteiger partial charge in [0.1, 0.15) is 18.1 Å². The molecule has 32 heavy (non-hydrogen) atoms. The summed E-state index contributed by atoms with van der Waals surface area (Å²) in [6.07, 6.45) is 3.48. The second-order valence-corrected chi connectivity index (χ2v) is 7.62. The molecule has 0 atom stereocenters. The molecule has 0 radical (unpaired) electrons. The molecule has 6 nitrogen and oxygen atoms in total. The second-order valence-electron chi connectivity index (χ2n) is 7.62. The highest BCUT2D eigenvalue weighted by molar-refractivity contribution is 6.05. The van der Waals surface area contributed by atoms with E-state index in [2.05, 4.69) is 9.97 Å². The number of fused-ring (bicyclic) bond motifs is 2. The van der Waals surface area contributed by atoms with Gasteiger partial charge in [0, 0.05) is 28.7 Å². The Morgan fingerprint density at radius 3 is 2.62 bits per heavy atom. The Balaban J connectivity index is 1.56. The zero-order valence-corrected chi connectivity index (χ0v) is 17.5. The number of pyridine rings is 2. The molecule has 2 aromatic carbocycles. The molecule has 3 heterocycles. The first-order valence-corrected chi connectivity index (χ1v) is 10.4. The number of aryl methyl sites for hydroxylation is 1. The summed E-state index contributed by atoms with van der Waals surface area (Å²) in [4.78, 5) is 21.1. The van der Waals surface area contributed by atoms with E-state index in [1.807, 2.05) is 67.6 Å². The van der Waals surface area contributed by atoms with Crippen molar-refractivity contribution in [2.75, 3.05) is 6.61 Å². The SMILES string of the molecule is Cc1ccc(OCCn2c(C(=O)O)cc3c(-c4cccc5ncccc45)nccc32)cc1. The van der Waals surface area contributed by atoms with E-state index in [1.54, 1.807) is 23.0 Å². The summed E-state index contributed by atoms with van der Waals surface area (Å²) in [5.74, 6) is -0.225. The number of benzene rings is 2. The number of carbonyl (C=O) groups is 1. The minimum Gasteiger partial charge on any atom is -0.492 e. The van der Waals surface area contributed by atoms with E-state index in [4.69, 9.17) is 4.74 Å². The van der Waals surface area contributed by atoms with E-state index < -0.39 is 5.97 Å². The van der Waals surface area contributed by atoms with Crippen molar-refractivity contribution >= 4 is 27.8 Å². The minimum atomic E-state index is -0.984. The van der Waals surface area contributed by atoms with Gasteiger partial charge in [0.2, 0.25) is 0 Å². The molecule has 0 amide bonds. The molecule has 5 rings (SSSR count). The van der Waals surface area contributed by atoms with E-state index in [9.17, 15) is 9.90 Å². The van der Waals surface area contributed by atoms with Gasteiger partial charge in [0.15, 0.2) is 0 Å². The minimum absolute atomic E-state index is 0.208. The third-order valence-electron chi connectivity index (χ3n) is 5.55. The molecule has 0 bridgehead atoms. The van der Waals surface area contributed by atoms with Crippen LogP contribution in [0.3, 0.4) is 0 Å². The molecule has 0 fully saturated rings. The zero-order valence-electron chi connectivity index (χ0n) is 17.5. The van der Waals surface area contributed by atoms with Crippen LogP contribution in [0.4, 0.5) is 0 Å². The molecule has 0 saturated carbocycles. The first-order chi connectivity index (χ1) is 15.6. The number of rotatable bonds is 6. The van der Waals surface area contributed by atoms with Gasteiger partial charge in [0.25, 0.3) is 0 Å². The Bertz CT molecular complexity index is 1430. The highest BCUT2D eigenvalue weighted by Crippen LogP contribution is 2.33.